The van der Waals surface area contributed by atoms with Gasteiger partial charge in [-0.3, -0.25) is 4.79 Å². The maximum atomic E-state index is 12.5. The highest BCUT2D eigenvalue weighted by Gasteiger charge is 2.19. The minimum Gasteiger partial charge on any atom is -0.339 e. The Labute approximate surface area is 188 Å². The first-order valence-corrected chi connectivity index (χ1v) is 11.8. The van der Waals surface area contributed by atoms with E-state index in [1.165, 1.54) is 11.1 Å². The molecule has 0 unspecified atom stereocenters. The number of benzene rings is 2. The second kappa shape index (κ2) is 8.87. The van der Waals surface area contributed by atoms with Gasteiger partial charge in [0.1, 0.15) is 0 Å². The van der Waals surface area contributed by atoms with Crippen LogP contribution in [0.1, 0.15) is 55.1 Å². The Hall–Kier alpha value is -2.60. The molecule has 2 aromatic carbocycles. The number of hydrogen-bond acceptors (Lipinski definition) is 4. The van der Waals surface area contributed by atoms with E-state index in [0.29, 0.717) is 0 Å². The van der Waals surface area contributed by atoms with E-state index in [-0.39, 0.29) is 11.3 Å². The third-order valence-corrected chi connectivity index (χ3v) is 6.90. The zero-order chi connectivity index (χ0) is 22.0. The van der Waals surface area contributed by atoms with Crippen molar-refractivity contribution in [3.05, 3.63) is 65.2 Å². The average Bonchev–Trinajstić information content (AvgIpc) is 3.42. The van der Waals surface area contributed by atoms with Crippen molar-refractivity contribution in [2.24, 2.45) is 7.05 Å². The fraction of sp³-hybridized carbons (Fsp3) is 0.400. The monoisotopic (exact) mass is 434 g/mol. The van der Waals surface area contributed by atoms with E-state index < -0.39 is 0 Å². The van der Waals surface area contributed by atoms with Gasteiger partial charge in [0, 0.05) is 37.0 Å². The molecule has 5 nitrogen and oxygen atoms in total. The number of hydrogen-bond donors (Lipinski definition) is 0. The van der Waals surface area contributed by atoms with E-state index in [9.17, 15) is 4.79 Å². The van der Waals surface area contributed by atoms with Gasteiger partial charge in [-0.1, -0.05) is 68.9 Å². The summed E-state index contributed by atoms with van der Waals surface area (Å²) in [6.45, 7) is 8.41. The van der Waals surface area contributed by atoms with Gasteiger partial charge in [-0.05, 0) is 41.5 Å². The SMILES string of the molecule is Cn1c(SCc2ccc(C(=O)N3CCCC3)cc2)nnc1-c1ccc(C(C)(C)C)cc1. The number of thioether (sulfide) groups is 1. The lowest BCUT2D eigenvalue weighted by Crippen LogP contribution is -2.27. The first-order valence-electron chi connectivity index (χ1n) is 10.8. The largest absolute Gasteiger partial charge is 0.339 e. The molecule has 1 aromatic heterocycles. The normalized spacial score (nSPS) is 14.3. The summed E-state index contributed by atoms with van der Waals surface area (Å²) in [5, 5.41) is 9.69. The van der Waals surface area contributed by atoms with Crippen molar-refractivity contribution in [2.45, 2.75) is 49.9 Å². The molecule has 0 spiro atoms. The molecule has 0 atom stereocenters. The fourth-order valence-electron chi connectivity index (χ4n) is 3.81. The van der Waals surface area contributed by atoms with Crippen molar-refractivity contribution in [1.29, 1.82) is 0 Å². The van der Waals surface area contributed by atoms with E-state index in [1.807, 2.05) is 40.8 Å². The molecule has 31 heavy (non-hydrogen) atoms. The number of rotatable bonds is 5. The van der Waals surface area contributed by atoms with Crippen molar-refractivity contribution in [2.75, 3.05) is 13.1 Å². The standard InChI is InChI=1S/C25H30N4OS/c1-25(2,3)21-13-11-19(12-14-21)22-26-27-24(28(22)4)31-17-18-7-9-20(10-8-18)23(30)29-15-5-6-16-29/h7-14H,5-6,15-17H2,1-4H3. The van der Waals surface area contributed by atoms with Crippen molar-refractivity contribution in [3.63, 3.8) is 0 Å². The van der Waals surface area contributed by atoms with Gasteiger partial charge in [0.25, 0.3) is 5.91 Å². The summed E-state index contributed by atoms with van der Waals surface area (Å²) in [6, 6.07) is 16.5. The Morgan fingerprint density at radius 1 is 0.968 bits per heavy atom. The van der Waals surface area contributed by atoms with Gasteiger partial charge in [0.05, 0.1) is 0 Å². The van der Waals surface area contributed by atoms with Crippen LogP contribution in [0.2, 0.25) is 0 Å². The third kappa shape index (κ3) is 4.85. The smallest absolute Gasteiger partial charge is 0.253 e. The molecular weight excluding hydrogens is 404 g/mol. The maximum Gasteiger partial charge on any atom is 0.253 e. The van der Waals surface area contributed by atoms with Gasteiger partial charge in [-0.25, -0.2) is 0 Å². The van der Waals surface area contributed by atoms with Crippen LogP contribution in [0.25, 0.3) is 11.4 Å². The molecule has 0 aliphatic carbocycles. The number of likely N-dealkylation sites (tertiary alicyclic amines) is 1. The van der Waals surface area contributed by atoms with Crippen molar-refractivity contribution < 1.29 is 4.79 Å². The first kappa shape index (κ1) is 21.6. The van der Waals surface area contributed by atoms with Crippen LogP contribution >= 0.6 is 11.8 Å². The Kier molecular flexibility index (Phi) is 6.19. The summed E-state index contributed by atoms with van der Waals surface area (Å²) in [5.41, 5.74) is 4.45. The molecule has 4 rings (SSSR count). The molecule has 0 N–H and O–H groups in total. The molecule has 1 amide bonds. The highest BCUT2D eigenvalue weighted by Crippen LogP contribution is 2.28. The van der Waals surface area contributed by atoms with Crippen LogP contribution in [0.3, 0.4) is 0 Å². The number of aromatic nitrogens is 3. The van der Waals surface area contributed by atoms with Gasteiger partial charge in [-0.2, -0.15) is 0 Å². The number of carbonyl (C=O) groups excluding carboxylic acids is 1. The predicted octanol–water partition coefficient (Wildman–Crippen LogP) is 5.31. The molecule has 1 fully saturated rings. The third-order valence-electron chi connectivity index (χ3n) is 5.81. The van der Waals surface area contributed by atoms with Gasteiger partial charge in [0.2, 0.25) is 0 Å². The van der Waals surface area contributed by atoms with Crippen LogP contribution in [0.4, 0.5) is 0 Å². The second-order valence-corrected chi connectivity index (χ2v) is 10.1. The molecule has 6 heteroatoms. The number of nitrogens with zero attached hydrogens (tertiary/aromatic N) is 4. The molecule has 0 saturated carbocycles. The quantitative estimate of drug-likeness (QED) is 0.511. The Bertz CT molecular complexity index is 1040. The zero-order valence-electron chi connectivity index (χ0n) is 18.8. The lowest BCUT2D eigenvalue weighted by Gasteiger charge is -2.19. The van der Waals surface area contributed by atoms with E-state index in [2.05, 4.69) is 55.2 Å². The summed E-state index contributed by atoms with van der Waals surface area (Å²) in [5.74, 6) is 1.80. The lowest BCUT2D eigenvalue weighted by molar-refractivity contribution is 0.0793. The molecule has 1 aliphatic heterocycles. The first-order chi connectivity index (χ1) is 14.8. The van der Waals surface area contributed by atoms with Crippen LogP contribution in [0.5, 0.6) is 0 Å². The van der Waals surface area contributed by atoms with Crippen molar-refractivity contribution in [3.8, 4) is 11.4 Å². The Morgan fingerprint density at radius 3 is 2.23 bits per heavy atom. The molecule has 162 valence electrons. The summed E-state index contributed by atoms with van der Waals surface area (Å²) >= 11 is 1.66. The summed E-state index contributed by atoms with van der Waals surface area (Å²) in [4.78, 5) is 14.4. The minimum atomic E-state index is 0.133. The minimum absolute atomic E-state index is 0.133. The van der Waals surface area contributed by atoms with Crippen molar-refractivity contribution >= 4 is 17.7 Å². The van der Waals surface area contributed by atoms with Gasteiger partial charge in [0.15, 0.2) is 11.0 Å². The van der Waals surface area contributed by atoms with Gasteiger partial charge >= 0.3 is 0 Å². The van der Waals surface area contributed by atoms with Crippen LogP contribution in [-0.4, -0.2) is 38.7 Å². The summed E-state index contributed by atoms with van der Waals surface area (Å²) < 4.78 is 2.04. The average molecular weight is 435 g/mol. The molecule has 1 saturated heterocycles. The molecular formula is C25H30N4OS. The second-order valence-electron chi connectivity index (χ2n) is 9.18. The highest BCUT2D eigenvalue weighted by atomic mass is 32.2. The number of amides is 1. The molecule has 3 aromatic rings. The van der Waals surface area contributed by atoms with Crippen LogP contribution in [0, 0.1) is 0 Å². The summed E-state index contributed by atoms with van der Waals surface area (Å²) in [7, 11) is 2.01. The van der Waals surface area contributed by atoms with Crippen LogP contribution in [-0.2, 0) is 18.2 Å². The molecule has 0 radical (unpaired) electrons. The predicted molar refractivity (Wildman–Crippen MR) is 126 cm³/mol. The van der Waals surface area contributed by atoms with Crippen LogP contribution in [0.15, 0.2) is 53.7 Å². The summed E-state index contributed by atoms with van der Waals surface area (Å²) in [6.07, 6.45) is 2.22. The molecule has 1 aliphatic rings. The topological polar surface area (TPSA) is 51.0 Å². The lowest BCUT2D eigenvalue weighted by atomic mass is 9.87. The van der Waals surface area contributed by atoms with E-state index in [4.69, 9.17) is 0 Å². The maximum absolute atomic E-state index is 12.5. The molecule has 2 heterocycles. The number of carbonyl (C=O) groups is 1. The molecule has 0 bridgehead atoms. The van der Waals surface area contributed by atoms with E-state index in [0.717, 1.165) is 53.8 Å². The van der Waals surface area contributed by atoms with E-state index in [1.54, 1.807) is 11.8 Å². The van der Waals surface area contributed by atoms with E-state index >= 15 is 0 Å². The van der Waals surface area contributed by atoms with Gasteiger partial charge in [-0.15, -0.1) is 10.2 Å². The zero-order valence-corrected chi connectivity index (χ0v) is 19.6. The van der Waals surface area contributed by atoms with Gasteiger partial charge < -0.3 is 9.47 Å². The van der Waals surface area contributed by atoms with Crippen molar-refractivity contribution in [1.82, 2.24) is 19.7 Å². The van der Waals surface area contributed by atoms with Crippen LogP contribution < -0.4 is 0 Å². The highest BCUT2D eigenvalue weighted by molar-refractivity contribution is 7.98. The Balaban J connectivity index is 1.40. The fourth-order valence-corrected chi connectivity index (χ4v) is 4.67. The Morgan fingerprint density at radius 2 is 1.61 bits per heavy atom.